The Morgan fingerprint density at radius 1 is 1.44 bits per heavy atom. The molecule has 0 bridgehead atoms. The number of benzene rings is 1. The molecule has 0 aliphatic heterocycles. The van der Waals surface area contributed by atoms with E-state index >= 15 is 0 Å². The Bertz CT molecular complexity index is 515. The van der Waals surface area contributed by atoms with Crippen LogP contribution in [0.3, 0.4) is 0 Å². The van der Waals surface area contributed by atoms with Gasteiger partial charge in [0.25, 0.3) is 0 Å². The molecule has 0 unspecified atom stereocenters. The van der Waals surface area contributed by atoms with E-state index in [4.69, 9.17) is 6.42 Å². The number of anilines is 1. The van der Waals surface area contributed by atoms with Gasteiger partial charge >= 0.3 is 0 Å². The fraction of sp³-hybridized carbons (Fsp3) is 0.273. The van der Waals surface area contributed by atoms with E-state index in [2.05, 4.69) is 16.0 Å². The number of nitrogens with one attached hydrogen (secondary N) is 2. The molecule has 0 saturated heterocycles. The van der Waals surface area contributed by atoms with Gasteiger partial charge in [-0.1, -0.05) is 12.0 Å². The molecule has 5 heteroatoms. The summed E-state index contributed by atoms with van der Waals surface area (Å²) in [6.07, 6.45) is 5.11. The standard InChI is InChI=1S/C11H14N2O2S/c1-4-7-13-10-6-5-9(2)11(8-10)16(14,15)12-3/h1,5-6,8,12-13H,7H2,2-3H3. The Morgan fingerprint density at radius 2 is 2.12 bits per heavy atom. The van der Waals surface area contributed by atoms with Crippen LogP contribution in [0, 0.1) is 19.3 Å². The number of sulfonamides is 1. The zero-order chi connectivity index (χ0) is 12.2. The average Bonchev–Trinajstić information content (AvgIpc) is 2.27. The van der Waals surface area contributed by atoms with Crippen molar-refractivity contribution in [1.29, 1.82) is 0 Å². The van der Waals surface area contributed by atoms with Crippen LogP contribution in [-0.4, -0.2) is 22.0 Å². The normalized spacial score (nSPS) is 10.8. The minimum Gasteiger partial charge on any atom is -0.374 e. The fourth-order valence-corrected chi connectivity index (χ4v) is 2.26. The van der Waals surface area contributed by atoms with Crippen LogP contribution in [0.1, 0.15) is 5.56 Å². The molecule has 0 radical (unpaired) electrons. The largest absolute Gasteiger partial charge is 0.374 e. The van der Waals surface area contributed by atoms with Gasteiger partial charge in [0, 0.05) is 5.69 Å². The third kappa shape index (κ3) is 2.75. The van der Waals surface area contributed by atoms with Crippen molar-refractivity contribution >= 4 is 15.7 Å². The summed E-state index contributed by atoms with van der Waals surface area (Å²) in [6.45, 7) is 2.11. The van der Waals surface area contributed by atoms with Crippen LogP contribution in [0.25, 0.3) is 0 Å². The van der Waals surface area contributed by atoms with E-state index in [0.29, 0.717) is 17.8 Å². The van der Waals surface area contributed by atoms with Crippen LogP contribution in [-0.2, 0) is 10.0 Å². The van der Waals surface area contributed by atoms with Gasteiger partial charge in [0.05, 0.1) is 11.4 Å². The molecule has 16 heavy (non-hydrogen) atoms. The summed E-state index contributed by atoms with van der Waals surface area (Å²) in [5.74, 6) is 2.43. The van der Waals surface area contributed by atoms with E-state index in [1.807, 2.05) is 0 Å². The molecular formula is C11H14N2O2S. The van der Waals surface area contributed by atoms with Crippen LogP contribution < -0.4 is 10.0 Å². The van der Waals surface area contributed by atoms with E-state index in [1.54, 1.807) is 25.1 Å². The summed E-state index contributed by atoms with van der Waals surface area (Å²) in [7, 11) is -2.03. The van der Waals surface area contributed by atoms with Gasteiger partial charge in [0.1, 0.15) is 0 Å². The van der Waals surface area contributed by atoms with Gasteiger partial charge in [-0.2, -0.15) is 0 Å². The molecule has 0 spiro atoms. The van der Waals surface area contributed by atoms with Gasteiger partial charge in [-0.25, -0.2) is 13.1 Å². The summed E-state index contributed by atoms with van der Waals surface area (Å²) in [6, 6.07) is 5.10. The molecule has 86 valence electrons. The zero-order valence-electron chi connectivity index (χ0n) is 9.24. The molecule has 0 heterocycles. The number of aryl methyl sites for hydroxylation is 1. The highest BCUT2D eigenvalue weighted by atomic mass is 32.2. The quantitative estimate of drug-likeness (QED) is 0.768. The predicted octanol–water partition coefficient (Wildman–Crippen LogP) is 0.948. The third-order valence-electron chi connectivity index (χ3n) is 2.14. The van der Waals surface area contributed by atoms with Crippen molar-refractivity contribution in [2.24, 2.45) is 0 Å². The summed E-state index contributed by atoms with van der Waals surface area (Å²) >= 11 is 0. The molecule has 1 rings (SSSR count). The lowest BCUT2D eigenvalue weighted by Crippen LogP contribution is -2.19. The lowest BCUT2D eigenvalue weighted by atomic mass is 10.2. The minimum absolute atomic E-state index is 0.261. The Balaban J connectivity index is 3.15. The van der Waals surface area contributed by atoms with Crippen molar-refractivity contribution < 1.29 is 8.42 Å². The van der Waals surface area contributed by atoms with Crippen molar-refractivity contribution in [3.8, 4) is 12.3 Å². The van der Waals surface area contributed by atoms with Crippen molar-refractivity contribution in [1.82, 2.24) is 4.72 Å². The van der Waals surface area contributed by atoms with Gasteiger partial charge in [-0.3, -0.25) is 0 Å². The third-order valence-corrected chi connectivity index (χ3v) is 3.70. The van der Waals surface area contributed by atoms with Crippen molar-refractivity contribution in [2.75, 3.05) is 18.9 Å². The first-order valence-electron chi connectivity index (χ1n) is 4.73. The van der Waals surface area contributed by atoms with Crippen LogP contribution in [0.15, 0.2) is 23.1 Å². The van der Waals surface area contributed by atoms with Crippen LogP contribution in [0.5, 0.6) is 0 Å². The number of hydrogen-bond donors (Lipinski definition) is 2. The fourth-order valence-electron chi connectivity index (χ4n) is 1.26. The molecule has 2 N–H and O–H groups in total. The maximum absolute atomic E-state index is 11.7. The molecule has 1 aromatic carbocycles. The van der Waals surface area contributed by atoms with Crippen LogP contribution in [0.4, 0.5) is 5.69 Å². The average molecular weight is 238 g/mol. The Labute approximate surface area is 96.1 Å². The molecule has 0 fully saturated rings. The van der Waals surface area contributed by atoms with Gasteiger partial charge in [0.2, 0.25) is 10.0 Å². The predicted molar refractivity (Wildman–Crippen MR) is 64.7 cm³/mol. The summed E-state index contributed by atoms with van der Waals surface area (Å²) in [5, 5.41) is 2.93. The van der Waals surface area contributed by atoms with Gasteiger partial charge in [-0.05, 0) is 31.7 Å². The first-order valence-corrected chi connectivity index (χ1v) is 6.21. The van der Waals surface area contributed by atoms with E-state index in [1.165, 1.54) is 7.05 Å². The molecular weight excluding hydrogens is 224 g/mol. The monoisotopic (exact) mass is 238 g/mol. The van der Waals surface area contributed by atoms with E-state index in [9.17, 15) is 8.42 Å². The van der Waals surface area contributed by atoms with Crippen molar-refractivity contribution in [3.05, 3.63) is 23.8 Å². The highest BCUT2D eigenvalue weighted by Gasteiger charge is 2.14. The van der Waals surface area contributed by atoms with E-state index in [-0.39, 0.29) is 4.90 Å². The molecule has 0 aromatic heterocycles. The molecule has 0 amide bonds. The number of terminal acetylenes is 1. The van der Waals surface area contributed by atoms with E-state index < -0.39 is 10.0 Å². The molecule has 0 aliphatic rings. The zero-order valence-corrected chi connectivity index (χ0v) is 10.1. The SMILES string of the molecule is C#CCNc1ccc(C)c(S(=O)(=O)NC)c1. The Hall–Kier alpha value is -1.51. The molecule has 1 aromatic rings. The molecule has 0 atom stereocenters. The minimum atomic E-state index is -3.42. The highest BCUT2D eigenvalue weighted by molar-refractivity contribution is 7.89. The first kappa shape index (κ1) is 12.6. The summed E-state index contributed by atoms with van der Waals surface area (Å²) < 4.78 is 25.6. The highest BCUT2D eigenvalue weighted by Crippen LogP contribution is 2.19. The Morgan fingerprint density at radius 3 is 2.69 bits per heavy atom. The second kappa shape index (κ2) is 5.01. The van der Waals surface area contributed by atoms with Gasteiger partial charge in [0.15, 0.2) is 0 Å². The number of hydrogen-bond acceptors (Lipinski definition) is 3. The van der Waals surface area contributed by atoms with Crippen molar-refractivity contribution in [2.45, 2.75) is 11.8 Å². The molecule has 0 saturated carbocycles. The maximum Gasteiger partial charge on any atom is 0.240 e. The van der Waals surface area contributed by atoms with Crippen molar-refractivity contribution in [3.63, 3.8) is 0 Å². The number of rotatable bonds is 4. The topological polar surface area (TPSA) is 58.2 Å². The molecule has 4 nitrogen and oxygen atoms in total. The van der Waals surface area contributed by atoms with Crippen LogP contribution in [0.2, 0.25) is 0 Å². The lowest BCUT2D eigenvalue weighted by Gasteiger charge is -2.09. The lowest BCUT2D eigenvalue weighted by molar-refractivity contribution is 0.587. The summed E-state index contributed by atoms with van der Waals surface area (Å²) in [5.41, 5.74) is 1.39. The van der Waals surface area contributed by atoms with Gasteiger partial charge in [-0.15, -0.1) is 6.42 Å². The van der Waals surface area contributed by atoms with Gasteiger partial charge < -0.3 is 5.32 Å². The second-order valence-corrected chi connectivity index (χ2v) is 5.10. The second-order valence-electron chi connectivity index (χ2n) is 3.25. The Kier molecular flexibility index (Phi) is 3.93. The maximum atomic E-state index is 11.7. The van der Waals surface area contributed by atoms with E-state index in [0.717, 1.165) is 0 Å². The van der Waals surface area contributed by atoms with Crippen LogP contribution >= 0.6 is 0 Å². The first-order chi connectivity index (χ1) is 7.51. The smallest absolute Gasteiger partial charge is 0.240 e. The molecule has 0 aliphatic carbocycles. The summed E-state index contributed by atoms with van der Waals surface area (Å²) in [4.78, 5) is 0.261.